The smallest absolute Gasteiger partial charge is 0.126 e. The van der Waals surface area contributed by atoms with Crippen molar-refractivity contribution in [3.8, 4) is 5.75 Å². The van der Waals surface area contributed by atoms with Gasteiger partial charge in [0.05, 0.1) is 27.2 Å². The maximum absolute atomic E-state index is 5.84. The predicted molar refractivity (Wildman–Crippen MR) is 99.8 cm³/mol. The van der Waals surface area contributed by atoms with Crippen LogP contribution in [0.3, 0.4) is 0 Å². The molecule has 2 rings (SSSR count). The van der Waals surface area contributed by atoms with Crippen LogP contribution in [0.4, 0.5) is 0 Å². The highest BCUT2D eigenvalue weighted by Gasteiger charge is 1.99. The molecule has 24 heavy (non-hydrogen) atoms. The Bertz CT molecular complexity index is 552. The molecular formula is C21H32N2O+2. The van der Waals surface area contributed by atoms with E-state index in [1.54, 1.807) is 0 Å². The van der Waals surface area contributed by atoms with Gasteiger partial charge in [-0.05, 0) is 42.5 Å². The average Bonchev–Trinajstić information content (AvgIpc) is 2.59. The molecule has 0 bridgehead atoms. The summed E-state index contributed by atoms with van der Waals surface area (Å²) in [5.41, 5.74) is 2.67. The van der Waals surface area contributed by atoms with Crippen LogP contribution in [0.15, 0.2) is 54.6 Å². The van der Waals surface area contributed by atoms with Gasteiger partial charge in [-0.1, -0.05) is 42.5 Å². The molecule has 0 unspecified atom stereocenters. The van der Waals surface area contributed by atoms with Gasteiger partial charge < -0.3 is 15.0 Å². The van der Waals surface area contributed by atoms with Gasteiger partial charge in [-0.25, -0.2) is 0 Å². The lowest BCUT2D eigenvalue weighted by Crippen LogP contribution is -3.09. The predicted octanol–water partition coefficient (Wildman–Crippen LogP) is 1.14. The molecule has 0 atom stereocenters. The number of nitrogens with one attached hydrogen (secondary N) is 1. The van der Waals surface area contributed by atoms with Crippen LogP contribution in [0.2, 0.25) is 0 Å². The molecular weight excluding hydrogens is 296 g/mol. The Morgan fingerprint density at radius 1 is 0.833 bits per heavy atom. The van der Waals surface area contributed by atoms with Crippen LogP contribution >= 0.6 is 0 Å². The van der Waals surface area contributed by atoms with Gasteiger partial charge in [0.1, 0.15) is 18.8 Å². The Kier molecular flexibility index (Phi) is 8.36. The Labute approximate surface area is 146 Å². The lowest BCUT2D eigenvalue weighted by atomic mass is 10.1. The second-order valence-electron chi connectivity index (χ2n) is 6.69. The monoisotopic (exact) mass is 328 g/mol. The number of rotatable bonds is 11. The van der Waals surface area contributed by atoms with Gasteiger partial charge in [0.25, 0.3) is 0 Å². The molecule has 0 saturated carbocycles. The van der Waals surface area contributed by atoms with Gasteiger partial charge in [0.15, 0.2) is 0 Å². The zero-order chi connectivity index (χ0) is 17.0. The molecule has 0 heterocycles. The van der Waals surface area contributed by atoms with Gasteiger partial charge in [-0.15, -0.1) is 0 Å². The fourth-order valence-corrected chi connectivity index (χ4v) is 2.65. The van der Waals surface area contributed by atoms with E-state index in [0.29, 0.717) is 0 Å². The van der Waals surface area contributed by atoms with Crippen LogP contribution in [0.1, 0.15) is 24.0 Å². The van der Waals surface area contributed by atoms with E-state index >= 15 is 0 Å². The van der Waals surface area contributed by atoms with Crippen LogP contribution in [0, 0.1) is 0 Å². The van der Waals surface area contributed by atoms with E-state index in [2.05, 4.69) is 74.0 Å². The van der Waals surface area contributed by atoms with Crippen molar-refractivity contribution in [3.63, 3.8) is 0 Å². The Morgan fingerprint density at radius 2 is 1.54 bits per heavy atom. The third kappa shape index (κ3) is 7.62. The maximum Gasteiger partial charge on any atom is 0.126 e. The van der Waals surface area contributed by atoms with Crippen molar-refractivity contribution in [2.75, 3.05) is 40.3 Å². The standard InChI is InChI=1S/C21H30N2O/c1-23(2)16-15-22-14-6-7-17-24-21-12-10-20(11-13-21)18-19-8-4-3-5-9-19/h3-5,8-13,22H,6-7,14-18H2,1-2H3/p+2. The summed E-state index contributed by atoms with van der Waals surface area (Å²) >= 11 is 0. The van der Waals surface area contributed by atoms with Crippen LogP contribution in [-0.4, -0.2) is 40.3 Å². The van der Waals surface area contributed by atoms with Crippen molar-refractivity contribution < 1.29 is 15.0 Å². The number of nitrogens with two attached hydrogens (primary N) is 1. The van der Waals surface area contributed by atoms with Gasteiger partial charge in [-0.2, -0.15) is 0 Å². The zero-order valence-electron chi connectivity index (χ0n) is 15.1. The first kappa shape index (κ1) is 18.5. The summed E-state index contributed by atoms with van der Waals surface area (Å²) in [7, 11) is 4.40. The Balaban J connectivity index is 1.58. The first-order valence-corrected chi connectivity index (χ1v) is 9.10. The SMILES string of the molecule is C[NH+](C)CC[NH2+]CCCCOc1ccc(Cc2ccccc2)cc1. The molecule has 0 radical (unpaired) electrons. The van der Waals surface area contributed by atoms with E-state index in [9.17, 15) is 0 Å². The van der Waals surface area contributed by atoms with E-state index in [1.807, 2.05) is 0 Å². The molecule has 0 amide bonds. The third-order valence-electron chi connectivity index (χ3n) is 4.09. The minimum atomic E-state index is 0.810. The van der Waals surface area contributed by atoms with E-state index < -0.39 is 0 Å². The summed E-state index contributed by atoms with van der Waals surface area (Å²) in [5, 5.41) is 2.41. The number of unbranched alkanes of at least 4 members (excludes halogenated alkanes) is 1. The summed E-state index contributed by atoms with van der Waals surface area (Å²) < 4.78 is 5.84. The zero-order valence-corrected chi connectivity index (χ0v) is 15.1. The van der Waals surface area contributed by atoms with E-state index in [-0.39, 0.29) is 0 Å². The van der Waals surface area contributed by atoms with Gasteiger partial charge in [0, 0.05) is 0 Å². The highest BCUT2D eigenvalue weighted by Crippen LogP contribution is 2.15. The number of ether oxygens (including phenoxy) is 1. The molecule has 0 aliphatic heterocycles. The lowest BCUT2D eigenvalue weighted by molar-refractivity contribution is -0.874. The number of quaternary nitrogens is 2. The fraction of sp³-hybridized carbons (Fsp3) is 0.429. The first-order valence-electron chi connectivity index (χ1n) is 9.10. The average molecular weight is 328 g/mol. The van der Waals surface area contributed by atoms with Crippen LogP contribution in [0.25, 0.3) is 0 Å². The number of benzene rings is 2. The van der Waals surface area contributed by atoms with Crippen molar-refractivity contribution in [2.45, 2.75) is 19.3 Å². The van der Waals surface area contributed by atoms with Crippen LogP contribution in [0.5, 0.6) is 5.75 Å². The minimum absolute atomic E-state index is 0.810. The van der Waals surface area contributed by atoms with Crippen LogP contribution in [-0.2, 0) is 6.42 Å². The van der Waals surface area contributed by atoms with E-state index in [4.69, 9.17) is 4.74 Å². The highest BCUT2D eigenvalue weighted by atomic mass is 16.5. The van der Waals surface area contributed by atoms with E-state index in [0.717, 1.165) is 25.2 Å². The first-order chi connectivity index (χ1) is 11.7. The second kappa shape index (κ2) is 10.8. The quantitative estimate of drug-likeness (QED) is 0.596. The molecule has 3 nitrogen and oxygen atoms in total. The van der Waals surface area contributed by atoms with Gasteiger partial charge in [-0.3, -0.25) is 0 Å². The van der Waals surface area contributed by atoms with Crippen molar-refractivity contribution in [3.05, 3.63) is 65.7 Å². The summed E-state index contributed by atoms with van der Waals surface area (Å²) in [5.74, 6) is 0.979. The molecule has 0 aliphatic rings. The maximum atomic E-state index is 5.84. The lowest BCUT2D eigenvalue weighted by Gasteiger charge is -2.08. The number of likely N-dealkylation sites (N-methyl/N-ethyl adjacent to an activating group) is 1. The molecule has 0 saturated heterocycles. The summed E-state index contributed by atoms with van der Waals surface area (Å²) in [4.78, 5) is 1.52. The highest BCUT2D eigenvalue weighted by molar-refractivity contribution is 5.31. The molecule has 0 aromatic heterocycles. The Hall–Kier alpha value is -1.84. The number of hydrogen-bond acceptors (Lipinski definition) is 1. The minimum Gasteiger partial charge on any atom is -0.494 e. The van der Waals surface area contributed by atoms with E-state index in [1.165, 1.54) is 42.1 Å². The van der Waals surface area contributed by atoms with Crippen molar-refractivity contribution in [1.82, 2.24) is 0 Å². The summed E-state index contributed by atoms with van der Waals surface area (Å²) in [6.07, 6.45) is 3.32. The topological polar surface area (TPSA) is 30.3 Å². The molecule has 2 aromatic rings. The summed E-state index contributed by atoms with van der Waals surface area (Å²) in [6, 6.07) is 19.1. The van der Waals surface area contributed by atoms with Gasteiger partial charge >= 0.3 is 0 Å². The molecule has 3 N–H and O–H groups in total. The summed E-state index contributed by atoms with van der Waals surface area (Å²) in [6.45, 7) is 4.45. The largest absolute Gasteiger partial charge is 0.494 e. The van der Waals surface area contributed by atoms with Crippen molar-refractivity contribution in [1.29, 1.82) is 0 Å². The molecule has 0 fully saturated rings. The molecule has 2 aromatic carbocycles. The van der Waals surface area contributed by atoms with Crippen LogP contribution < -0.4 is 15.0 Å². The molecule has 0 aliphatic carbocycles. The van der Waals surface area contributed by atoms with Crippen molar-refractivity contribution in [2.24, 2.45) is 0 Å². The molecule has 0 spiro atoms. The molecule has 3 heteroatoms. The second-order valence-corrected chi connectivity index (χ2v) is 6.69. The van der Waals surface area contributed by atoms with Gasteiger partial charge in [0.2, 0.25) is 0 Å². The molecule has 130 valence electrons. The Morgan fingerprint density at radius 3 is 2.25 bits per heavy atom. The third-order valence-corrected chi connectivity index (χ3v) is 4.09. The van der Waals surface area contributed by atoms with Crippen molar-refractivity contribution >= 4 is 0 Å². The fourth-order valence-electron chi connectivity index (χ4n) is 2.65. The number of hydrogen-bond donors (Lipinski definition) is 2. The normalized spacial score (nSPS) is 11.0.